The lowest BCUT2D eigenvalue weighted by Crippen LogP contribution is -2.21. The van der Waals surface area contributed by atoms with Gasteiger partial charge in [-0.15, -0.1) is 0 Å². The van der Waals surface area contributed by atoms with Crippen LogP contribution in [0.5, 0.6) is 17.2 Å². The molecular weight excluding hydrogens is 330 g/mol. The summed E-state index contributed by atoms with van der Waals surface area (Å²) >= 11 is 0. The van der Waals surface area contributed by atoms with Gasteiger partial charge in [0.05, 0.1) is 12.1 Å². The maximum absolute atomic E-state index is 10.1. The van der Waals surface area contributed by atoms with Gasteiger partial charge in [0.15, 0.2) is 0 Å². The molecule has 0 amide bonds. The molecule has 0 bridgehead atoms. The van der Waals surface area contributed by atoms with Crippen LogP contribution in [-0.2, 0) is 0 Å². The summed E-state index contributed by atoms with van der Waals surface area (Å²) in [5.74, 6) is 0.152. The van der Waals surface area contributed by atoms with E-state index in [-0.39, 0.29) is 17.2 Å². The highest BCUT2D eigenvalue weighted by Crippen LogP contribution is 2.23. The second kappa shape index (κ2) is 7.91. The van der Waals surface area contributed by atoms with Gasteiger partial charge in [0.1, 0.15) is 17.2 Å². The highest BCUT2D eigenvalue weighted by atomic mass is 16.3. The Morgan fingerprint density at radius 1 is 0.923 bits per heavy atom. The molecule has 2 aromatic rings. The molecule has 0 spiro atoms. The molecule has 138 valence electrons. The van der Waals surface area contributed by atoms with E-state index in [0.717, 1.165) is 5.69 Å². The zero-order chi connectivity index (χ0) is 19.3. The fraction of sp³-hybridized carbons (Fsp3) is 0.300. The van der Waals surface area contributed by atoms with Gasteiger partial charge >= 0.3 is 0 Å². The Balaban J connectivity index is 2.06. The van der Waals surface area contributed by atoms with Crippen LogP contribution in [0, 0.1) is 0 Å². The van der Waals surface area contributed by atoms with Crippen molar-refractivity contribution in [3.05, 3.63) is 47.5 Å². The van der Waals surface area contributed by atoms with Crippen LogP contribution in [0.1, 0.15) is 25.0 Å². The van der Waals surface area contributed by atoms with E-state index < -0.39 is 5.54 Å². The molecule has 2 rings (SSSR count). The third kappa shape index (κ3) is 5.24. The predicted octanol–water partition coefficient (Wildman–Crippen LogP) is 3.19. The van der Waals surface area contributed by atoms with Crippen LogP contribution in [-0.4, -0.2) is 53.9 Å². The second-order valence-electron chi connectivity index (χ2n) is 6.92. The topological polar surface area (TPSA) is 88.7 Å². The molecule has 0 saturated carbocycles. The van der Waals surface area contributed by atoms with Crippen molar-refractivity contribution in [3.8, 4) is 17.2 Å². The number of anilines is 1. The standard InChI is InChI=1S/C20H25N3O3/c1-20(2,13-21-11-14-6-8-17(24)10-19(14)26)22-12-15-5-7-16(23(3)4)9-18(15)25/h5-12,24-26H,13H2,1-4H3. The third-order valence-electron chi connectivity index (χ3n) is 3.81. The van der Waals surface area contributed by atoms with Crippen LogP contribution in [0.2, 0.25) is 0 Å². The molecule has 0 unspecified atom stereocenters. The van der Waals surface area contributed by atoms with Crippen LogP contribution in [0.15, 0.2) is 46.4 Å². The van der Waals surface area contributed by atoms with Crippen molar-refractivity contribution in [2.75, 3.05) is 25.5 Å². The minimum Gasteiger partial charge on any atom is -0.508 e. The van der Waals surface area contributed by atoms with Crippen LogP contribution >= 0.6 is 0 Å². The van der Waals surface area contributed by atoms with E-state index in [9.17, 15) is 15.3 Å². The smallest absolute Gasteiger partial charge is 0.128 e. The Bertz CT molecular complexity index is 827. The molecule has 2 aromatic carbocycles. The number of hydrogen-bond donors (Lipinski definition) is 3. The maximum Gasteiger partial charge on any atom is 0.128 e. The summed E-state index contributed by atoms with van der Waals surface area (Å²) < 4.78 is 0. The number of phenols is 3. The third-order valence-corrected chi connectivity index (χ3v) is 3.81. The minimum atomic E-state index is -0.476. The van der Waals surface area contributed by atoms with E-state index in [4.69, 9.17) is 0 Å². The lowest BCUT2D eigenvalue weighted by atomic mass is 10.1. The Morgan fingerprint density at radius 2 is 1.54 bits per heavy atom. The molecule has 6 nitrogen and oxygen atoms in total. The fourth-order valence-corrected chi connectivity index (χ4v) is 2.21. The summed E-state index contributed by atoms with van der Waals surface area (Å²) in [5, 5.41) is 29.2. The van der Waals surface area contributed by atoms with Crippen molar-refractivity contribution >= 4 is 18.1 Å². The molecule has 0 aliphatic rings. The van der Waals surface area contributed by atoms with Crippen LogP contribution < -0.4 is 4.90 Å². The van der Waals surface area contributed by atoms with Gasteiger partial charge in [0.25, 0.3) is 0 Å². The van der Waals surface area contributed by atoms with Crippen LogP contribution in [0.25, 0.3) is 0 Å². The maximum atomic E-state index is 10.1. The van der Waals surface area contributed by atoms with Gasteiger partial charge in [0, 0.05) is 55.5 Å². The van der Waals surface area contributed by atoms with Gasteiger partial charge < -0.3 is 20.2 Å². The first-order valence-corrected chi connectivity index (χ1v) is 8.25. The van der Waals surface area contributed by atoms with Crippen molar-refractivity contribution in [1.82, 2.24) is 0 Å². The molecule has 6 heteroatoms. The second-order valence-corrected chi connectivity index (χ2v) is 6.92. The van der Waals surface area contributed by atoms with Crippen LogP contribution in [0.3, 0.4) is 0 Å². The first-order chi connectivity index (χ1) is 12.2. The summed E-state index contributed by atoms with van der Waals surface area (Å²) in [7, 11) is 3.82. The summed E-state index contributed by atoms with van der Waals surface area (Å²) in [4.78, 5) is 10.8. The van der Waals surface area contributed by atoms with Crippen LogP contribution in [0.4, 0.5) is 5.69 Å². The number of benzene rings is 2. The molecule has 0 fully saturated rings. The molecule has 0 saturated heterocycles. The molecule has 0 heterocycles. The first-order valence-electron chi connectivity index (χ1n) is 8.25. The zero-order valence-electron chi connectivity index (χ0n) is 15.5. The van der Waals surface area contributed by atoms with Crippen molar-refractivity contribution < 1.29 is 15.3 Å². The van der Waals surface area contributed by atoms with E-state index in [0.29, 0.717) is 17.7 Å². The quantitative estimate of drug-likeness (QED) is 0.694. The lowest BCUT2D eigenvalue weighted by molar-refractivity contribution is 0.450. The number of nitrogens with zero attached hydrogens (tertiary/aromatic N) is 3. The van der Waals surface area contributed by atoms with Gasteiger partial charge in [-0.3, -0.25) is 9.98 Å². The Morgan fingerprint density at radius 3 is 2.15 bits per heavy atom. The molecule has 0 atom stereocenters. The van der Waals surface area contributed by atoms with Gasteiger partial charge in [-0.2, -0.15) is 0 Å². The summed E-state index contributed by atoms with van der Waals surface area (Å²) in [6, 6.07) is 9.78. The largest absolute Gasteiger partial charge is 0.508 e. The van der Waals surface area contributed by atoms with Gasteiger partial charge in [-0.25, -0.2) is 0 Å². The Labute approximate surface area is 153 Å². The monoisotopic (exact) mass is 355 g/mol. The molecule has 26 heavy (non-hydrogen) atoms. The minimum absolute atomic E-state index is 0.00433. The SMILES string of the molecule is CN(C)c1ccc(C=NC(C)(C)CN=Cc2ccc(O)cc2O)c(O)c1. The van der Waals surface area contributed by atoms with Gasteiger partial charge in [0.2, 0.25) is 0 Å². The van der Waals surface area contributed by atoms with E-state index in [1.54, 1.807) is 24.6 Å². The van der Waals surface area contributed by atoms with E-state index in [1.807, 2.05) is 45.0 Å². The normalized spacial score (nSPS) is 12.2. The number of rotatable bonds is 6. The highest BCUT2D eigenvalue weighted by Gasteiger charge is 2.14. The molecular formula is C20H25N3O3. The summed E-state index contributed by atoms with van der Waals surface area (Å²) in [6.45, 7) is 4.27. The summed E-state index contributed by atoms with van der Waals surface area (Å²) in [6.07, 6.45) is 3.19. The number of aromatic hydroxyl groups is 3. The average molecular weight is 355 g/mol. The van der Waals surface area contributed by atoms with Gasteiger partial charge in [-0.05, 0) is 38.1 Å². The average Bonchev–Trinajstić information content (AvgIpc) is 2.55. The molecule has 0 aliphatic heterocycles. The zero-order valence-corrected chi connectivity index (χ0v) is 15.5. The van der Waals surface area contributed by atoms with E-state index in [2.05, 4.69) is 9.98 Å². The van der Waals surface area contributed by atoms with Crippen molar-refractivity contribution in [2.24, 2.45) is 9.98 Å². The molecule has 0 aromatic heterocycles. The van der Waals surface area contributed by atoms with Crippen molar-refractivity contribution in [2.45, 2.75) is 19.4 Å². The molecule has 3 N–H and O–H groups in total. The lowest BCUT2D eigenvalue weighted by Gasteiger charge is -2.17. The number of hydrogen-bond acceptors (Lipinski definition) is 6. The van der Waals surface area contributed by atoms with Gasteiger partial charge in [-0.1, -0.05) is 0 Å². The van der Waals surface area contributed by atoms with E-state index in [1.165, 1.54) is 12.1 Å². The predicted molar refractivity (Wildman–Crippen MR) is 106 cm³/mol. The first kappa shape index (κ1) is 19.3. The molecule has 0 aliphatic carbocycles. The fourth-order valence-electron chi connectivity index (χ4n) is 2.21. The summed E-state index contributed by atoms with van der Waals surface area (Å²) in [5.41, 5.74) is 1.61. The number of phenolic OH excluding ortho intramolecular Hbond substituents is 3. The van der Waals surface area contributed by atoms with Crippen molar-refractivity contribution in [3.63, 3.8) is 0 Å². The molecule has 0 radical (unpaired) electrons. The number of aliphatic imine (C=N–C) groups is 2. The van der Waals surface area contributed by atoms with E-state index >= 15 is 0 Å². The Kier molecular flexibility index (Phi) is 5.87. The highest BCUT2D eigenvalue weighted by molar-refractivity contribution is 5.85. The van der Waals surface area contributed by atoms with Crippen molar-refractivity contribution in [1.29, 1.82) is 0 Å². The Hall–Kier alpha value is -3.02.